The number of nitrogens with zero attached hydrogens (tertiary/aromatic N) is 2. The first-order chi connectivity index (χ1) is 14.6. The first-order valence-corrected chi connectivity index (χ1v) is 10.9. The van der Waals surface area contributed by atoms with Crippen LogP contribution in [0.5, 0.6) is 5.75 Å². The average molecular weight is 429 g/mol. The monoisotopic (exact) mass is 429 g/mol. The minimum Gasteiger partial charge on any atom is -0.493 e. The topological polar surface area (TPSA) is 53.9 Å². The van der Waals surface area contributed by atoms with Crippen LogP contribution in [0.3, 0.4) is 0 Å². The maximum absolute atomic E-state index is 14.6. The lowest BCUT2D eigenvalue weighted by molar-refractivity contribution is -0.140. The molecule has 1 spiro atoms. The summed E-state index contributed by atoms with van der Waals surface area (Å²) >= 11 is 1.30. The van der Waals surface area contributed by atoms with Crippen molar-refractivity contribution in [2.75, 3.05) is 19.7 Å². The lowest BCUT2D eigenvalue weighted by atomic mass is 9.94. The zero-order chi connectivity index (χ0) is 20.7. The molecule has 3 aliphatic heterocycles. The summed E-state index contributed by atoms with van der Waals surface area (Å²) in [5.41, 5.74) is 0.898. The van der Waals surface area contributed by atoms with Gasteiger partial charge in [0.15, 0.2) is 0 Å². The third-order valence-corrected chi connectivity index (χ3v) is 7.25. The van der Waals surface area contributed by atoms with Gasteiger partial charge in [0.05, 0.1) is 12.5 Å². The van der Waals surface area contributed by atoms with Gasteiger partial charge >= 0.3 is 0 Å². The quantitative estimate of drug-likeness (QED) is 0.788. The lowest BCUT2D eigenvalue weighted by Gasteiger charge is -2.41. The fourth-order valence-corrected chi connectivity index (χ4v) is 5.69. The second-order valence-electron chi connectivity index (χ2n) is 7.70. The van der Waals surface area contributed by atoms with Crippen LogP contribution in [0, 0.1) is 17.6 Å². The van der Waals surface area contributed by atoms with E-state index in [1.807, 2.05) is 24.3 Å². The summed E-state index contributed by atoms with van der Waals surface area (Å²) in [6.45, 7) is 1.89. The first-order valence-electron chi connectivity index (χ1n) is 10.1. The number of carbonyl (C=O) groups is 1. The van der Waals surface area contributed by atoms with E-state index in [0.717, 1.165) is 43.1 Å². The Balaban J connectivity index is 1.62. The Labute approximate surface area is 177 Å². The molecule has 1 fully saturated rings. The SMILES string of the molecule is O=C(C1CCCNC1)N1N=C(c2cc(F)ccc2F)SC12CCOc1ccccc12. The predicted octanol–water partition coefficient (Wildman–Crippen LogP) is 3.84. The number of halogens is 2. The molecular weight excluding hydrogens is 408 g/mol. The largest absolute Gasteiger partial charge is 0.493 e. The van der Waals surface area contributed by atoms with Crippen LogP contribution in [0.2, 0.25) is 0 Å². The minimum absolute atomic E-state index is 0.0698. The van der Waals surface area contributed by atoms with Gasteiger partial charge in [-0.15, -0.1) is 0 Å². The summed E-state index contributed by atoms with van der Waals surface area (Å²) in [7, 11) is 0. The molecule has 5 nitrogen and oxygen atoms in total. The Kier molecular flexibility index (Phi) is 4.99. The normalized spacial score (nSPS) is 25.6. The van der Waals surface area contributed by atoms with Crippen molar-refractivity contribution in [1.82, 2.24) is 10.3 Å². The van der Waals surface area contributed by atoms with Gasteiger partial charge in [-0.25, -0.2) is 13.8 Å². The van der Waals surface area contributed by atoms with Crippen LogP contribution in [-0.4, -0.2) is 35.7 Å². The zero-order valence-corrected chi connectivity index (χ0v) is 17.1. The number of nitrogens with one attached hydrogen (secondary N) is 1. The molecule has 0 bridgehead atoms. The number of rotatable bonds is 2. The smallest absolute Gasteiger partial charge is 0.248 e. The Bertz CT molecular complexity index is 1030. The van der Waals surface area contributed by atoms with E-state index >= 15 is 0 Å². The number of hydrogen-bond donors (Lipinski definition) is 1. The first kappa shape index (κ1) is 19.5. The van der Waals surface area contributed by atoms with Crippen molar-refractivity contribution in [2.45, 2.75) is 24.1 Å². The zero-order valence-electron chi connectivity index (χ0n) is 16.2. The fraction of sp³-hybridized carbons (Fsp3) is 0.364. The van der Waals surface area contributed by atoms with Gasteiger partial charge in [0.1, 0.15) is 27.3 Å². The molecule has 3 heterocycles. The Morgan fingerprint density at radius 3 is 2.97 bits per heavy atom. The number of para-hydroxylation sites is 1. The van der Waals surface area contributed by atoms with Gasteiger partial charge in [-0.05, 0) is 43.7 Å². The second-order valence-corrected chi connectivity index (χ2v) is 8.97. The van der Waals surface area contributed by atoms with Crippen molar-refractivity contribution >= 4 is 22.7 Å². The highest BCUT2D eigenvalue weighted by atomic mass is 32.2. The Morgan fingerprint density at radius 1 is 1.27 bits per heavy atom. The number of amides is 1. The number of thioether (sulfide) groups is 1. The maximum atomic E-state index is 14.6. The molecule has 0 saturated carbocycles. The summed E-state index contributed by atoms with van der Waals surface area (Å²) < 4.78 is 34.3. The standard InChI is InChI=1S/C22H21F2N3O2S/c23-15-7-8-18(24)16(12-15)20-26-27(21(28)14-4-3-10-25-13-14)22(30-20)9-11-29-19-6-2-1-5-17(19)22/h1-2,5-8,12,14,25H,3-4,9-11,13H2. The van der Waals surface area contributed by atoms with Crippen LogP contribution in [0.25, 0.3) is 0 Å². The van der Waals surface area contributed by atoms with E-state index in [-0.39, 0.29) is 17.4 Å². The van der Waals surface area contributed by atoms with Gasteiger partial charge in [0.25, 0.3) is 0 Å². The summed E-state index contributed by atoms with van der Waals surface area (Å²) in [4.78, 5) is 12.7. The second kappa shape index (κ2) is 7.67. The van der Waals surface area contributed by atoms with E-state index in [2.05, 4.69) is 10.4 Å². The highest BCUT2D eigenvalue weighted by molar-refractivity contribution is 8.15. The van der Waals surface area contributed by atoms with Crippen LogP contribution < -0.4 is 10.1 Å². The summed E-state index contributed by atoms with van der Waals surface area (Å²) in [5, 5.41) is 9.67. The predicted molar refractivity (Wildman–Crippen MR) is 111 cm³/mol. The molecule has 2 aromatic rings. The molecule has 1 saturated heterocycles. The van der Waals surface area contributed by atoms with Gasteiger partial charge < -0.3 is 10.1 Å². The summed E-state index contributed by atoms with van der Waals surface area (Å²) in [5.74, 6) is -0.721. The molecule has 156 valence electrons. The number of benzene rings is 2. The number of ether oxygens (including phenoxy) is 1. The van der Waals surface area contributed by atoms with E-state index < -0.39 is 16.5 Å². The van der Waals surface area contributed by atoms with Gasteiger partial charge in [-0.2, -0.15) is 5.10 Å². The molecule has 1 N–H and O–H groups in total. The van der Waals surface area contributed by atoms with Gasteiger partial charge in [-0.3, -0.25) is 4.79 Å². The molecule has 8 heteroatoms. The summed E-state index contributed by atoms with van der Waals surface area (Å²) in [6, 6.07) is 10.9. The molecule has 2 unspecified atom stereocenters. The lowest BCUT2D eigenvalue weighted by Crippen LogP contribution is -2.49. The van der Waals surface area contributed by atoms with Crippen molar-refractivity contribution in [3.63, 3.8) is 0 Å². The molecule has 0 aromatic heterocycles. The van der Waals surface area contributed by atoms with Crippen molar-refractivity contribution in [3.8, 4) is 5.75 Å². The van der Waals surface area contributed by atoms with Crippen molar-refractivity contribution in [3.05, 3.63) is 65.2 Å². The molecule has 3 aliphatic rings. The third-order valence-electron chi connectivity index (χ3n) is 5.82. The van der Waals surface area contributed by atoms with E-state index in [1.54, 1.807) is 0 Å². The summed E-state index contributed by atoms with van der Waals surface area (Å²) in [6.07, 6.45) is 2.20. The average Bonchev–Trinajstić information content (AvgIpc) is 3.15. The molecular formula is C22H21F2N3O2S. The maximum Gasteiger partial charge on any atom is 0.248 e. The molecule has 5 rings (SSSR count). The van der Waals surface area contributed by atoms with Crippen molar-refractivity contribution in [2.24, 2.45) is 11.0 Å². The Hall–Kier alpha value is -2.45. The number of carbonyl (C=O) groups excluding carboxylic acids is 1. The van der Waals surface area contributed by atoms with E-state index in [4.69, 9.17) is 4.74 Å². The van der Waals surface area contributed by atoms with Crippen molar-refractivity contribution < 1.29 is 18.3 Å². The van der Waals surface area contributed by atoms with Crippen LogP contribution in [0.1, 0.15) is 30.4 Å². The van der Waals surface area contributed by atoms with Crippen LogP contribution >= 0.6 is 11.8 Å². The van der Waals surface area contributed by atoms with Gasteiger partial charge in [-0.1, -0.05) is 30.0 Å². The molecule has 2 atom stereocenters. The number of piperidine rings is 1. The van der Waals surface area contributed by atoms with E-state index in [0.29, 0.717) is 30.4 Å². The minimum atomic E-state index is -0.836. The third kappa shape index (κ3) is 3.18. The molecule has 0 aliphatic carbocycles. The van der Waals surface area contributed by atoms with Gasteiger partial charge in [0, 0.05) is 24.1 Å². The molecule has 1 amide bonds. The molecule has 0 radical (unpaired) electrons. The number of hydrazone groups is 1. The van der Waals surface area contributed by atoms with Crippen molar-refractivity contribution in [1.29, 1.82) is 0 Å². The van der Waals surface area contributed by atoms with E-state index in [1.165, 1.54) is 16.8 Å². The fourth-order valence-electron chi connectivity index (χ4n) is 4.30. The number of fused-ring (bicyclic) bond motifs is 2. The van der Waals surface area contributed by atoms with Crippen LogP contribution in [0.4, 0.5) is 8.78 Å². The van der Waals surface area contributed by atoms with Gasteiger partial charge in [0.2, 0.25) is 5.91 Å². The molecule has 30 heavy (non-hydrogen) atoms. The highest BCUT2D eigenvalue weighted by Crippen LogP contribution is 2.54. The van der Waals surface area contributed by atoms with E-state index in [9.17, 15) is 13.6 Å². The van der Waals surface area contributed by atoms with Crippen LogP contribution in [-0.2, 0) is 9.67 Å². The highest BCUT2D eigenvalue weighted by Gasteiger charge is 2.52. The van der Waals surface area contributed by atoms with Crippen LogP contribution in [0.15, 0.2) is 47.6 Å². The number of hydrogen-bond acceptors (Lipinski definition) is 5. The Morgan fingerprint density at radius 2 is 2.13 bits per heavy atom. The molecule has 2 aromatic carbocycles.